The lowest BCUT2D eigenvalue weighted by Gasteiger charge is -2.17. The van der Waals surface area contributed by atoms with E-state index in [1.165, 1.54) is 23.3 Å². The normalized spacial score (nSPS) is 12.4. The van der Waals surface area contributed by atoms with Crippen LogP contribution in [0.5, 0.6) is 0 Å². The number of rotatable bonds is 7. The Bertz CT molecular complexity index is 643. The summed E-state index contributed by atoms with van der Waals surface area (Å²) in [6.07, 6.45) is 0.995. The lowest BCUT2D eigenvalue weighted by molar-refractivity contribution is 0.627. The SMILES string of the molecule is CCNCCc1ccc(Cl)c(SC(C)c2ccc(F)cc2)c1C. The first kappa shape index (κ1) is 18.3. The van der Waals surface area contributed by atoms with Crippen molar-refractivity contribution in [3.8, 4) is 0 Å². The number of hydrogen-bond donors (Lipinski definition) is 1. The Morgan fingerprint density at radius 3 is 2.52 bits per heavy atom. The molecule has 0 heterocycles. The lowest BCUT2D eigenvalue weighted by atomic mass is 10.1. The fraction of sp³-hybridized carbons (Fsp3) is 0.368. The minimum atomic E-state index is -0.203. The van der Waals surface area contributed by atoms with Crippen LogP contribution in [0.15, 0.2) is 41.3 Å². The van der Waals surface area contributed by atoms with Gasteiger partial charge in [0, 0.05) is 10.1 Å². The molecular weight excluding hydrogens is 329 g/mol. The third-order valence-corrected chi connectivity index (χ3v) is 5.74. The molecule has 0 saturated heterocycles. The van der Waals surface area contributed by atoms with Gasteiger partial charge in [0.2, 0.25) is 0 Å². The summed E-state index contributed by atoms with van der Waals surface area (Å²) in [5.74, 6) is -0.203. The number of benzene rings is 2. The van der Waals surface area contributed by atoms with E-state index in [0.717, 1.165) is 35.0 Å². The molecule has 0 radical (unpaired) electrons. The summed E-state index contributed by atoms with van der Waals surface area (Å²) in [6, 6.07) is 10.8. The van der Waals surface area contributed by atoms with Gasteiger partial charge in [-0.05, 0) is 68.2 Å². The van der Waals surface area contributed by atoms with E-state index in [1.54, 1.807) is 11.8 Å². The molecule has 124 valence electrons. The average Bonchev–Trinajstić information content (AvgIpc) is 2.54. The van der Waals surface area contributed by atoms with Crippen molar-refractivity contribution in [2.24, 2.45) is 0 Å². The highest BCUT2D eigenvalue weighted by atomic mass is 35.5. The van der Waals surface area contributed by atoms with Crippen molar-refractivity contribution in [1.29, 1.82) is 0 Å². The van der Waals surface area contributed by atoms with E-state index in [-0.39, 0.29) is 11.1 Å². The molecule has 0 fully saturated rings. The number of halogens is 2. The Morgan fingerprint density at radius 2 is 1.87 bits per heavy atom. The fourth-order valence-electron chi connectivity index (χ4n) is 2.49. The highest BCUT2D eigenvalue weighted by molar-refractivity contribution is 7.99. The highest BCUT2D eigenvalue weighted by Crippen LogP contribution is 2.41. The molecule has 0 bridgehead atoms. The van der Waals surface area contributed by atoms with Crippen molar-refractivity contribution in [2.45, 2.75) is 37.3 Å². The van der Waals surface area contributed by atoms with Crippen LogP contribution in [-0.4, -0.2) is 13.1 Å². The van der Waals surface area contributed by atoms with Crippen molar-refractivity contribution in [3.63, 3.8) is 0 Å². The van der Waals surface area contributed by atoms with Crippen LogP contribution in [-0.2, 0) is 6.42 Å². The summed E-state index contributed by atoms with van der Waals surface area (Å²) in [5, 5.41) is 4.36. The van der Waals surface area contributed by atoms with E-state index < -0.39 is 0 Å². The van der Waals surface area contributed by atoms with Crippen molar-refractivity contribution in [1.82, 2.24) is 5.32 Å². The molecule has 1 N–H and O–H groups in total. The molecule has 0 amide bonds. The number of hydrogen-bond acceptors (Lipinski definition) is 2. The molecule has 0 aliphatic rings. The van der Waals surface area contributed by atoms with Gasteiger partial charge in [0.25, 0.3) is 0 Å². The Labute approximate surface area is 147 Å². The van der Waals surface area contributed by atoms with Crippen LogP contribution >= 0.6 is 23.4 Å². The minimum Gasteiger partial charge on any atom is -0.317 e. The molecule has 4 heteroatoms. The van der Waals surface area contributed by atoms with Crippen molar-refractivity contribution >= 4 is 23.4 Å². The number of nitrogens with one attached hydrogen (secondary N) is 1. The Kier molecular flexibility index (Phi) is 6.94. The molecule has 2 aromatic rings. The number of likely N-dealkylation sites (N-methyl/N-ethyl adjacent to an activating group) is 1. The standard InChI is InChI=1S/C19H23ClFNS/c1-4-22-12-11-15-7-10-18(20)19(13(15)2)23-14(3)16-5-8-17(21)9-6-16/h5-10,14,22H,4,11-12H2,1-3H3. The maximum Gasteiger partial charge on any atom is 0.123 e. The van der Waals surface area contributed by atoms with Gasteiger partial charge >= 0.3 is 0 Å². The smallest absolute Gasteiger partial charge is 0.123 e. The van der Waals surface area contributed by atoms with Crippen molar-refractivity contribution in [3.05, 3.63) is 63.9 Å². The van der Waals surface area contributed by atoms with Crippen LogP contribution in [0.3, 0.4) is 0 Å². The van der Waals surface area contributed by atoms with Crippen LogP contribution in [0.1, 0.15) is 35.8 Å². The lowest BCUT2D eigenvalue weighted by Crippen LogP contribution is -2.16. The van der Waals surface area contributed by atoms with Crippen LogP contribution in [0.4, 0.5) is 4.39 Å². The monoisotopic (exact) mass is 351 g/mol. The quantitative estimate of drug-likeness (QED) is 0.500. The Balaban J connectivity index is 2.17. The van der Waals surface area contributed by atoms with Crippen LogP contribution < -0.4 is 5.32 Å². The Morgan fingerprint density at radius 1 is 1.17 bits per heavy atom. The summed E-state index contributed by atoms with van der Waals surface area (Å²) >= 11 is 8.16. The second-order valence-electron chi connectivity index (χ2n) is 5.58. The van der Waals surface area contributed by atoms with E-state index in [4.69, 9.17) is 11.6 Å². The van der Waals surface area contributed by atoms with E-state index in [0.29, 0.717) is 0 Å². The molecule has 1 unspecified atom stereocenters. The zero-order chi connectivity index (χ0) is 16.8. The van der Waals surface area contributed by atoms with Gasteiger partial charge in [-0.3, -0.25) is 0 Å². The van der Waals surface area contributed by atoms with Crippen LogP contribution in [0, 0.1) is 12.7 Å². The molecule has 23 heavy (non-hydrogen) atoms. The third-order valence-electron chi connectivity index (χ3n) is 3.93. The molecule has 0 aliphatic carbocycles. The third kappa shape index (κ3) is 4.97. The zero-order valence-corrected chi connectivity index (χ0v) is 15.4. The highest BCUT2D eigenvalue weighted by Gasteiger charge is 2.14. The molecular formula is C19H23ClFNS. The summed E-state index contributed by atoms with van der Waals surface area (Å²) in [4.78, 5) is 1.12. The van der Waals surface area contributed by atoms with Gasteiger partial charge in [0.15, 0.2) is 0 Å². The minimum absolute atomic E-state index is 0.203. The molecule has 1 atom stereocenters. The second-order valence-corrected chi connectivity index (χ2v) is 7.33. The van der Waals surface area contributed by atoms with Gasteiger partial charge in [-0.2, -0.15) is 0 Å². The maximum atomic E-state index is 13.1. The average molecular weight is 352 g/mol. The second kappa shape index (κ2) is 8.72. The van der Waals surface area contributed by atoms with Gasteiger partial charge < -0.3 is 5.32 Å². The summed E-state index contributed by atoms with van der Waals surface area (Å²) in [5.41, 5.74) is 3.67. The van der Waals surface area contributed by atoms with Crippen LogP contribution in [0.2, 0.25) is 5.02 Å². The molecule has 1 nitrogen and oxygen atoms in total. The summed E-state index contributed by atoms with van der Waals surface area (Å²) < 4.78 is 13.1. The maximum absolute atomic E-state index is 13.1. The predicted octanol–water partition coefficient (Wildman–Crippen LogP) is 5.79. The first-order chi connectivity index (χ1) is 11.0. The van der Waals surface area contributed by atoms with Gasteiger partial charge in [0.1, 0.15) is 5.82 Å². The number of thioether (sulfide) groups is 1. The summed E-state index contributed by atoms with van der Waals surface area (Å²) in [7, 11) is 0. The van der Waals surface area contributed by atoms with Gasteiger partial charge in [0.05, 0.1) is 5.02 Å². The largest absolute Gasteiger partial charge is 0.317 e. The van der Waals surface area contributed by atoms with Crippen molar-refractivity contribution < 1.29 is 4.39 Å². The predicted molar refractivity (Wildman–Crippen MR) is 99.1 cm³/mol. The topological polar surface area (TPSA) is 12.0 Å². The van der Waals surface area contributed by atoms with E-state index in [2.05, 4.69) is 32.2 Å². The Hall–Kier alpha value is -1.03. The molecule has 0 aliphatic heterocycles. The zero-order valence-electron chi connectivity index (χ0n) is 13.8. The molecule has 0 spiro atoms. The van der Waals surface area contributed by atoms with Crippen LogP contribution in [0.25, 0.3) is 0 Å². The fourth-order valence-corrected chi connectivity index (χ4v) is 3.97. The first-order valence-electron chi connectivity index (χ1n) is 7.93. The van der Waals surface area contributed by atoms with Gasteiger partial charge in [-0.1, -0.05) is 36.7 Å². The van der Waals surface area contributed by atoms with E-state index >= 15 is 0 Å². The molecule has 0 aromatic heterocycles. The van der Waals surface area contributed by atoms with E-state index in [9.17, 15) is 4.39 Å². The summed E-state index contributed by atoms with van der Waals surface area (Å²) in [6.45, 7) is 8.32. The van der Waals surface area contributed by atoms with E-state index in [1.807, 2.05) is 18.2 Å². The molecule has 2 aromatic carbocycles. The molecule has 0 saturated carbocycles. The van der Waals surface area contributed by atoms with Crippen molar-refractivity contribution in [2.75, 3.05) is 13.1 Å². The first-order valence-corrected chi connectivity index (χ1v) is 9.19. The molecule has 2 rings (SSSR count). The van der Waals surface area contributed by atoms with Gasteiger partial charge in [-0.25, -0.2) is 4.39 Å². The van der Waals surface area contributed by atoms with Gasteiger partial charge in [-0.15, -0.1) is 11.8 Å².